The van der Waals surface area contributed by atoms with Crippen LogP contribution in [0.3, 0.4) is 0 Å². The van der Waals surface area contributed by atoms with Crippen LogP contribution in [0.5, 0.6) is 5.88 Å². The van der Waals surface area contributed by atoms with Crippen molar-refractivity contribution in [2.24, 2.45) is 0 Å². The van der Waals surface area contributed by atoms with Crippen LogP contribution in [0.1, 0.15) is 28.8 Å². The maximum atomic E-state index is 13.2. The third-order valence-electron chi connectivity index (χ3n) is 5.12. The SMILES string of the molecule is CNc1nc2c(OC)ncnc2s1.O=CN1CCC(NC(=O)c2ccc(F)c(C(F)(F)F)c2)CC1. The number of carbonyl (C=O) groups is 2. The molecule has 2 amide bonds. The third kappa shape index (κ3) is 6.53. The van der Waals surface area contributed by atoms with Gasteiger partial charge in [-0.1, -0.05) is 11.3 Å². The van der Waals surface area contributed by atoms with E-state index in [0.29, 0.717) is 55.9 Å². The van der Waals surface area contributed by atoms with Gasteiger partial charge >= 0.3 is 6.18 Å². The highest BCUT2D eigenvalue weighted by molar-refractivity contribution is 7.21. The van der Waals surface area contributed by atoms with Crippen molar-refractivity contribution in [3.8, 4) is 5.88 Å². The Balaban J connectivity index is 0.000000223. The lowest BCUT2D eigenvalue weighted by Crippen LogP contribution is -2.44. The van der Waals surface area contributed by atoms with Crippen molar-refractivity contribution in [3.05, 3.63) is 41.5 Å². The van der Waals surface area contributed by atoms with E-state index in [1.807, 2.05) is 7.05 Å². The lowest BCUT2D eigenvalue weighted by molar-refractivity contribution is -0.140. The van der Waals surface area contributed by atoms with E-state index in [-0.39, 0.29) is 11.6 Å². The molecular weight excluding hydrogens is 492 g/mol. The summed E-state index contributed by atoms with van der Waals surface area (Å²) in [5.74, 6) is -1.58. The van der Waals surface area contributed by atoms with Crippen LogP contribution in [-0.4, -0.2) is 65.5 Å². The Bertz CT molecular complexity index is 1180. The number of amides is 2. The summed E-state index contributed by atoms with van der Waals surface area (Å²) in [6.07, 6.45) is -1.61. The first kappa shape index (κ1) is 26.1. The second-order valence-electron chi connectivity index (χ2n) is 7.39. The molecule has 0 aliphatic carbocycles. The molecule has 2 N–H and O–H groups in total. The summed E-state index contributed by atoms with van der Waals surface area (Å²) in [5, 5.41) is 6.37. The van der Waals surface area contributed by atoms with Gasteiger partial charge in [-0.2, -0.15) is 18.2 Å². The number of methoxy groups -OCH3 is 1. The number of piperidine rings is 1. The summed E-state index contributed by atoms with van der Waals surface area (Å²) < 4.78 is 56.1. The number of halogens is 4. The number of alkyl halides is 3. The molecule has 14 heteroatoms. The molecule has 0 bridgehead atoms. The fraction of sp³-hybridized carbons (Fsp3) is 0.381. The van der Waals surface area contributed by atoms with Crippen LogP contribution >= 0.6 is 11.3 Å². The van der Waals surface area contributed by atoms with Crippen LogP contribution in [0.15, 0.2) is 24.5 Å². The van der Waals surface area contributed by atoms with Gasteiger partial charge in [0.25, 0.3) is 5.91 Å². The molecule has 35 heavy (non-hydrogen) atoms. The Morgan fingerprint density at radius 3 is 2.57 bits per heavy atom. The van der Waals surface area contributed by atoms with E-state index in [2.05, 4.69) is 25.6 Å². The van der Waals surface area contributed by atoms with Gasteiger partial charge in [0.05, 0.1) is 12.7 Å². The van der Waals surface area contributed by atoms with Crippen LogP contribution < -0.4 is 15.4 Å². The molecule has 1 saturated heterocycles. The summed E-state index contributed by atoms with van der Waals surface area (Å²) in [6.45, 7) is 0.956. The number of fused-ring (bicyclic) bond motifs is 1. The second-order valence-corrected chi connectivity index (χ2v) is 8.36. The Labute approximate surface area is 201 Å². The highest BCUT2D eigenvalue weighted by atomic mass is 32.1. The largest absolute Gasteiger partial charge is 0.479 e. The van der Waals surface area contributed by atoms with Gasteiger partial charge in [0.1, 0.15) is 12.1 Å². The number of hydrogen-bond acceptors (Lipinski definition) is 8. The van der Waals surface area contributed by atoms with Gasteiger partial charge in [-0.15, -0.1) is 0 Å². The van der Waals surface area contributed by atoms with Crippen molar-refractivity contribution in [1.29, 1.82) is 0 Å². The number of hydrogen-bond donors (Lipinski definition) is 2. The van der Waals surface area contributed by atoms with Crippen molar-refractivity contribution in [1.82, 2.24) is 25.2 Å². The summed E-state index contributed by atoms with van der Waals surface area (Å²) >= 11 is 1.47. The zero-order valence-corrected chi connectivity index (χ0v) is 19.5. The van der Waals surface area contributed by atoms with Gasteiger partial charge in [-0.05, 0) is 31.0 Å². The number of carbonyl (C=O) groups excluding carboxylic acids is 2. The molecule has 1 aromatic carbocycles. The minimum atomic E-state index is -4.85. The molecule has 188 valence electrons. The molecule has 3 heterocycles. The number of anilines is 1. The molecule has 0 spiro atoms. The Morgan fingerprint density at radius 1 is 1.26 bits per heavy atom. The van der Waals surface area contributed by atoms with Crippen LogP contribution in [-0.2, 0) is 11.0 Å². The Hall–Kier alpha value is -3.55. The molecule has 0 saturated carbocycles. The van der Waals surface area contributed by atoms with Gasteiger partial charge in [-0.25, -0.2) is 14.4 Å². The Morgan fingerprint density at radius 2 is 1.97 bits per heavy atom. The molecule has 1 aliphatic heterocycles. The number of ether oxygens (including phenoxy) is 1. The summed E-state index contributed by atoms with van der Waals surface area (Å²) in [7, 11) is 3.39. The molecule has 9 nitrogen and oxygen atoms in total. The number of nitrogens with zero attached hydrogens (tertiary/aromatic N) is 4. The quantitative estimate of drug-likeness (QED) is 0.397. The van der Waals surface area contributed by atoms with Gasteiger partial charge < -0.3 is 20.3 Å². The lowest BCUT2D eigenvalue weighted by atomic mass is 10.0. The van der Waals surface area contributed by atoms with Crippen LogP contribution in [0, 0.1) is 5.82 Å². The van der Waals surface area contributed by atoms with E-state index < -0.39 is 23.5 Å². The number of thiazole rings is 1. The second kappa shape index (κ2) is 11.3. The zero-order valence-electron chi connectivity index (χ0n) is 18.7. The highest BCUT2D eigenvalue weighted by Crippen LogP contribution is 2.32. The van der Waals surface area contributed by atoms with Crippen LogP contribution in [0.4, 0.5) is 22.7 Å². The topological polar surface area (TPSA) is 109 Å². The fourth-order valence-electron chi connectivity index (χ4n) is 3.29. The van der Waals surface area contributed by atoms with Crippen molar-refractivity contribution < 1.29 is 31.9 Å². The summed E-state index contributed by atoms with van der Waals surface area (Å²) in [4.78, 5) is 37.2. The minimum Gasteiger partial charge on any atom is -0.479 e. The van der Waals surface area contributed by atoms with E-state index in [4.69, 9.17) is 4.74 Å². The van der Waals surface area contributed by atoms with E-state index in [9.17, 15) is 27.2 Å². The van der Waals surface area contributed by atoms with Crippen molar-refractivity contribution in [3.63, 3.8) is 0 Å². The normalized spacial score (nSPS) is 14.2. The third-order valence-corrected chi connectivity index (χ3v) is 6.10. The molecule has 1 fully saturated rings. The molecule has 2 aromatic heterocycles. The predicted molar refractivity (Wildman–Crippen MR) is 121 cm³/mol. The summed E-state index contributed by atoms with van der Waals surface area (Å²) in [5.41, 5.74) is -0.998. The molecular formula is C21H22F4N6O3S. The number of aromatic nitrogens is 3. The van der Waals surface area contributed by atoms with Crippen molar-refractivity contribution >= 4 is 39.1 Å². The Kier molecular flexibility index (Phi) is 8.38. The first-order valence-electron chi connectivity index (χ1n) is 10.4. The number of nitrogens with one attached hydrogen (secondary N) is 2. The average molecular weight is 515 g/mol. The lowest BCUT2D eigenvalue weighted by Gasteiger charge is -2.29. The maximum absolute atomic E-state index is 13.2. The molecule has 4 rings (SSSR count). The van der Waals surface area contributed by atoms with Crippen molar-refractivity contribution in [2.45, 2.75) is 25.1 Å². The first-order valence-corrected chi connectivity index (χ1v) is 11.2. The highest BCUT2D eigenvalue weighted by Gasteiger charge is 2.35. The minimum absolute atomic E-state index is 0.219. The average Bonchev–Trinajstić information content (AvgIpc) is 3.28. The van der Waals surface area contributed by atoms with E-state index in [1.165, 1.54) is 17.7 Å². The van der Waals surface area contributed by atoms with Crippen LogP contribution in [0.2, 0.25) is 0 Å². The monoisotopic (exact) mass is 514 g/mol. The van der Waals surface area contributed by atoms with Crippen molar-refractivity contribution in [2.75, 3.05) is 32.6 Å². The molecule has 3 aromatic rings. The standard InChI is InChI=1S/C14H14F4N2O2.C7H8N4OS/c15-12-2-1-9(7-11(12)14(16,17)18)13(22)19-10-3-5-20(8-21)6-4-10;1-8-7-11-4-5(12-2)9-3-10-6(4)13-7/h1-2,7-8,10H,3-6H2,(H,19,22);3H,1-2H3,(H,8,11). The molecule has 0 unspecified atom stereocenters. The predicted octanol–water partition coefficient (Wildman–Crippen LogP) is 3.33. The van der Waals surface area contributed by atoms with E-state index in [0.717, 1.165) is 16.0 Å². The smallest absolute Gasteiger partial charge is 0.419 e. The number of likely N-dealkylation sites (tertiary alicyclic amines) is 1. The maximum Gasteiger partial charge on any atom is 0.419 e. The first-order chi connectivity index (χ1) is 16.7. The van der Waals surface area contributed by atoms with Gasteiger partial charge in [0.2, 0.25) is 12.3 Å². The zero-order chi connectivity index (χ0) is 25.6. The number of rotatable bonds is 5. The summed E-state index contributed by atoms with van der Waals surface area (Å²) in [6, 6.07) is 1.93. The van der Waals surface area contributed by atoms with Gasteiger partial charge in [0, 0.05) is 31.7 Å². The molecule has 0 radical (unpaired) electrons. The fourth-order valence-corrected chi connectivity index (χ4v) is 4.04. The van der Waals surface area contributed by atoms with Gasteiger partial charge in [-0.3, -0.25) is 9.59 Å². The van der Waals surface area contributed by atoms with Gasteiger partial charge in [0.15, 0.2) is 15.5 Å². The molecule has 0 atom stereocenters. The van der Waals surface area contributed by atoms with Crippen LogP contribution in [0.25, 0.3) is 10.3 Å². The van der Waals surface area contributed by atoms with E-state index in [1.54, 1.807) is 12.0 Å². The molecule has 1 aliphatic rings. The van der Waals surface area contributed by atoms with E-state index >= 15 is 0 Å². The number of benzene rings is 1.